The summed E-state index contributed by atoms with van der Waals surface area (Å²) in [6.07, 6.45) is 1.01. The molecule has 1 fully saturated rings. The highest BCUT2D eigenvalue weighted by molar-refractivity contribution is 6.08. The van der Waals surface area contributed by atoms with Crippen molar-refractivity contribution in [2.75, 3.05) is 13.1 Å². The Hall–Kier alpha value is -1.06. The molecular formula is C5H7N2O2. The van der Waals surface area contributed by atoms with Crippen LogP contribution in [0.1, 0.15) is 0 Å². The van der Waals surface area contributed by atoms with Crippen LogP contribution in [0.25, 0.3) is 0 Å². The van der Waals surface area contributed by atoms with Gasteiger partial charge >= 0.3 is 0 Å². The van der Waals surface area contributed by atoms with Gasteiger partial charge in [-0.3, -0.25) is 9.59 Å². The first kappa shape index (κ1) is 6.07. The van der Waals surface area contributed by atoms with Crippen molar-refractivity contribution in [1.82, 2.24) is 10.6 Å². The van der Waals surface area contributed by atoms with Crippen LogP contribution in [0.5, 0.6) is 0 Å². The summed E-state index contributed by atoms with van der Waals surface area (Å²) in [4.78, 5) is 20.9. The summed E-state index contributed by atoms with van der Waals surface area (Å²) in [5.41, 5.74) is 0. The maximum atomic E-state index is 10.5. The van der Waals surface area contributed by atoms with Crippen LogP contribution in [0.3, 0.4) is 0 Å². The quantitative estimate of drug-likeness (QED) is 0.413. The lowest BCUT2D eigenvalue weighted by atomic mass is 10.4. The Balaban J connectivity index is 2.47. The van der Waals surface area contributed by atoms with E-state index in [4.69, 9.17) is 0 Å². The molecule has 1 heterocycles. The Morgan fingerprint density at radius 3 is 2.00 bits per heavy atom. The Kier molecular flexibility index (Phi) is 1.67. The summed E-state index contributed by atoms with van der Waals surface area (Å²) in [6, 6.07) is 0. The number of hydrogen-bond donors (Lipinski definition) is 2. The van der Waals surface area contributed by atoms with Crippen molar-refractivity contribution in [1.29, 1.82) is 0 Å². The highest BCUT2D eigenvalue weighted by Gasteiger charge is 2.11. The standard InChI is InChI=1S/C5H7N2O2/c8-4-3-5(9)7-2-1-6-4/h3H,1-2H2,(H,6,8)(H,7,9). The lowest BCUT2D eigenvalue weighted by molar-refractivity contribution is -0.122. The number of rotatable bonds is 0. The SMILES string of the molecule is O=C1[CH]C(=O)NCCN1. The number of nitrogens with one attached hydrogen (secondary N) is 2. The van der Waals surface area contributed by atoms with E-state index in [-0.39, 0.29) is 11.8 Å². The molecular weight excluding hydrogens is 120 g/mol. The van der Waals surface area contributed by atoms with E-state index in [0.717, 1.165) is 6.42 Å². The topological polar surface area (TPSA) is 58.2 Å². The van der Waals surface area contributed by atoms with E-state index in [1.54, 1.807) is 0 Å². The minimum absolute atomic E-state index is 0.315. The lowest BCUT2D eigenvalue weighted by Crippen LogP contribution is -2.25. The van der Waals surface area contributed by atoms with Gasteiger partial charge in [-0.2, -0.15) is 0 Å². The molecule has 0 aromatic carbocycles. The molecule has 0 saturated carbocycles. The highest BCUT2D eigenvalue weighted by Crippen LogP contribution is 1.81. The van der Waals surface area contributed by atoms with Crippen molar-refractivity contribution in [3.8, 4) is 0 Å². The minimum Gasteiger partial charge on any atom is -0.354 e. The van der Waals surface area contributed by atoms with Crippen LogP contribution in [0.15, 0.2) is 0 Å². The van der Waals surface area contributed by atoms with Crippen molar-refractivity contribution in [2.45, 2.75) is 0 Å². The van der Waals surface area contributed by atoms with Gasteiger partial charge in [-0.05, 0) is 0 Å². The van der Waals surface area contributed by atoms with Gasteiger partial charge in [-0.15, -0.1) is 0 Å². The molecule has 0 aromatic rings. The minimum atomic E-state index is -0.315. The molecule has 1 aliphatic rings. The first-order chi connectivity index (χ1) is 4.29. The highest BCUT2D eigenvalue weighted by atomic mass is 16.2. The van der Waals surface area contributed by atoms with Gasteiger partial charge in [0.15, 0.2) is 0 Å². The van der Waals surface area contributed by atoms with Crippen LogP contribution >= 0.6 is 0 Å². The summed E-state index contributed by atoms with van der Waals surface area (Å²) in [5, 5.41) is 4.99. The Bertz CT molecular complexity index is 128. The van der Waals surface area contributed by atoms with Crippen molar-refractivity contribution in [2.24, 2.45) is 0 Å². The van der Waals surface area contributed by atoms with Gasteiger partial charge in [0.25, 0.3) is 0 Å². The lowest BCUT2D eigenvalue weighted by Gasteiger charge is -1.93. The third kappa shape index (κ3) is 1.71. The molecule has 0 atom stereocenters. The molecule has 1 rings (SSSR count). The second kappa shape index (κ2) is 2.48. The van der Waals surface area contributed by atoms with Crippen molar-refractivity contribution >= 4 is 11.8 Å². The first-order valence-corrected chi connectivity index (χ1v) is 2.69. The van der Waals surface area contributed by atoms with Crippen LogP contribution < -0.4 is 10.6 Å². The average Bonchev–Trinajstić information content (AvgIpc) is 1.93. The van der Waals surface area contributed by atoms with Crippen LogP contribution in [-0.2, 0) is 9.59 Å². The number of carbonyl (C=O) groups is 2. The molecule has 2 amide bonds. The summed E-state index contributed by atoms with van der Waals surface area (Å²) >= 11 is 0. The third-order valence-corrected chi connectivity index (χ3v) is 0.986. The van der Waals surface area contributed by atoms with E-state index in [0.29, 0.717) is 13.1 Å². The molecule has 0 aliphatic carbocycles. The molecule has 0 unspecified atom stereocenters. The normalized spacial score (nSPS) is 20.0. The maximum absolute atomic E-state index is 10.5. The molecule has 9 heavy (non-hydrogen) atoms. The van der Waals surface area contributed by atoms with Gasteiger partial charge in [-0.25, -0.2) is 0 Å². The first-order valence-electron chi connectivity index (χ1n) is 2.69. The molecule has 1 saturated heterocycles. The smallest absolute Gasteiger partial charge is 0.234 e. The third-order valence-electron chi connectivity index (χ3n) is 0.986. The molecule has 4 nitrogen and oxygen atoms in total. The zero-order valence-electron chi connectivity index (χ0n) is 4.81. The molecule has 1 radical (unpaired) electrons. The van der Waals surface area contributed by atoms with Crippen molar-refractivity contribution in [3.05, 3.63) is 6.42 Å². The van der Waals surface area contributed by atoms with E-state index in [2.05, 4.69) is 10.6 Å². The van der Waals surface area contributed by atoms with Gasteiger partial charge in [0.05, 0.1) is 0 Å². The summed E-state index contributed by atoms with van der Waals surface area (Å²) in [6.45, 7) is 1.03. The van der Waals surface area contributed by atoms with Gasteiger partial charge < -0.3 is 10.6 Å². The summed E-state index contributed by atoms with van der Waals surface area (Å²) in [7, 11) is 0. The molecule has 0 spiro atoms. The summed E-state index contributed by atoms with van der Waals surface area (Å²) in [5.74, 6) is -0.630. The van der Waals surface area contributed by atoms with Gasteiger partial charge in [-0.1, -0.05) is 0 Å². The molecule has 49 valence electrons. The molecule has 4 heteroatoms. The number of amides is 2. The zero-order valence-corrected chi connectivity index (χ0v) is 4.81. The van der Waals surface area contributed by atoms with Crippen molar-refractivity contribution in [3.63, 3.8) is 0 Å². The fraction of sp³-hybridized carbons (Fsp3) is 0.400. The molecule has 2 N–H and O–H groups in total. The van der Waals surface area contributed by atoms with Crippen LogP contribution in [0.2, 0.25) is 0 Å². The van der Waals surface area contributed by atoms with Crippen LogP contribution in [0, 0.1) is 6.42 Å². The fourth-order valence-corrected chi connectivity index (χ4v) is 0.593. The molecule has 0 bridgehead atoms. The Morgan fingerprint density at radius 1 is 1.11 bits per heavy atom. The largest absolute Gasteiger partial charge is 0.354 e. The molecule has 1 aliphatic heterocycles. The van der Waals surface area contributed by atoms with Crippen LogP contribution in [0.4, 0.5) is 0 Å². The van der Waals surface area contributed by atoms with E-state index in [9.17, 15) is 9.59 Å². The van der Waals surface area contributed by atoms with E-state index < -0.39 is 0 Å². The Labute approximate surface area is 52.6 Å². The predicted molar refractivity (Wildman–Crippen MR) is 30.3 cm³/mol. The average molecular weight is 127 g/mol. The van der Waals surface area contributed by atoms with Crippen LogP contribution in [-0.4, -0.2) is 24.9 Å². The monoisotopic (exact) mass is 127 g/mol. The van der Waals surface area contributed by atoms with Crippen molar-refractivity contribution < 1.29 is 9.59 Å². The zero-order chi connectivity index (χ0) is 6.69. The second-order valence-corrected chi connectivity index (χ2v) is 1.73. The number of carbonyl (C=O) groups excluding carboxylic acids is 2. The van der Waals surface area contributed by atoms with E-state index >= 15 is 0 Å². The summed E-state index contributed by atoms with van der Waals surface area (Å²) < 4.78 is 0. The van der Waals surface area contributed by atoms with E-state index in [1.807, 2.05) is 0 Å². The fourth-order valence-electron chi connectivity index (χ4n) is 0.593. The van der Waals surface area contributed by atoms with Gasteiger partial charge in [0.2, 0.25) is 11.8 Å². The van der Waals surface area contributed by atoms with Gasteiger partial charge in [0.1, 0.15) is 6.42 Å². The second-order valence-electron chi connectivity index (χ2n) is 1.73. The Morgan fingerprint density at radius 2 is 1.56 bits per heavy atom. The van der Waals surface area contributed by atoms with E-state index in [1.165, 1.54) is 0 Å². The van der Waals surface area contributed by atoms with Gasteiger partial charge in [0, 0.05) is 13.1 Å². The number of hydrogen-bond acceptors (Lipinski definition) is 2. The molecule has 0 aromatic heterocycles. The maximum Gasteiger partial charge on any atom is 0.234 e. The predicted octanol–water partition coefficient (Wildman–Crippen LogP) is -1.56.